The molecule has 0 aliphatic carbocycles. The lowest BCUT2D eigenvalue weighted by atomic mass is 10.0. The van der Waals surface area contributed by atoms with E-state index in [2.05, 4.69) is 20.9 Å². The van der Waals surface area contributed by atoms with Gasteiger partial charge in [0.25, 0.3) is 0 Å². The van der Waals surface area contributed by atoms with Gasteiger partial charge < -0.3 is 42.0 Å². The Morgan fingerprint density at radius 2 is 1.23 bits per heavy atom. The third-order valence-corrected chi connectivity index (χ3v) is 6.92. The average molecular weight is 610 g/mol. The fourth-order valence-corrected chi connectivity index (χ4v) is 4.55. The molecule has 14 nitrogen and oxygen atoms in total. The van der Waals surface area contributed by atoms with E-state index < -0.39 is 66.2 Å². The number of hydrogen-bond acceptors (Lipinski definition) is 7. The van der Waals surface area contributed by atoms with E-state index in [1.54, 1.807) is 42.6 Å². The summed E-state index contributed by atoms with van der Waals surface area (Å²) in [6, 6.07) is 10.6. The molecule has 3 rings (SSSR count). The topological polar surface area (TPSA) is 241 Å². The van der Waals surface area contributed by atoms with Gasteiger partial charge in [0.2, 0.25) is 17.7 Å². The minimum atomic E-state index is -1.53. The number of aliphatic carboxylic acids is 3. The number of amides is 3. The third kappa shape index (κ3) is 9.94. The highest BCUT2D eigenvalue weighted by Crippen LogP contribution is 2.19. The first-order valence-electron chi connectivity index (χ1n) is 13.9. The lowest BCUT2D eigenvalue weighted by molar-refractivity contribution is -0.143. The van der Waals surface area contributed by atoms with Gasteiger partial charge in [0.05, 0.1) is 6.04 Å². The number of carbonyl (C=O) groups excluding carboxylic acids is 3. The molecule has 234 valence electrons. The second kappa shape index (κ2) is 15.8. The Hall–Kier alpha value is -5.24. The molecule has 14 heteroatoms. The number of nitrogens with two attached hydrogens (primary N) is 1. The summed E-state index contributed by atoms with van der Waals surface area (Å²) in [4.78, 5) is 76.8. The molecule has 0 aliphatic heterocycles. The molecule has 44 heavy (non-hydrogen) atoms. The Labute approximate surface area is 252 Å². The lowest BCUT2D eigenvalue weighted by Crippen LogP contribution is -2.58. The predicted molar refractivity (Wildman–Crippen MR) is 157 cm³/mol. The second-order valence-electron chi connectivity index (χ2n) is 10.2. The van der Waals surface area contributed by atoms with Gasteiger partial charge in [-0.2, -0.15) is 0 Å². The SMILES string of the molecule is NC(CCC(=O)O)C(=O)NC(Cc1ccccc1)C(=O)NC(Cc1c[nH]c2ccccc12)C(=O)NC(CCC(=O)O)C(=O)O. The molecule has 0 bridgehead atoms. The van der Waals surface area contributed by atoms with Crippen LogP contribution in [0, 0.1) is 0 Å². The van der Waals surface area contributed by atoms with Gasteiger partial charge in [-0.3, -0.25) is 24.0 Å². The first-order chi connectivity index (χ1) is 20.9. The lowest BCUT2D eigenvalue weighted by Gasteiger charge is -2.25. The average Bonchev–Trinajstić information content (AvgIpc) is 3.40. The van der Waals surface area contributed by atoms with Gasteiger partial charge in [0.1, 0.15) is 18.1 Å². The van der Waals surface area contributed by atoms with Crippen molar-refractivity contribution in [3.05, 3.63) is 71.9 Å². The number of benzene rings is 2. The van der Waals surface area contributed by atoms with Crippen molar-refractivity contribution >= 4 is 46.5 Å². The fraction of sp³-hybridized carbons (Fsp3) is 0.333. The van der Waals surface area contributed by atoms with Crippen LogP contribution >= 0.6 is 0 Å². The largest absolute Gasteiger partial charge is 0.481 e. The zero-order valence-electron chi connectivity index (χ0n) is 23.7. The normalized spacial score (nSPS) is 13.7. The van der Waals surface area contributed by atoms with Gasteiger partial charge in [-0.15, -0.1) is 0 Å². The van der Waals surface area contributed by atoms with Crippen LogP contribution in [-0.4, -0.2) is 80.1 Å². The molecule has 4 atom stereocenters. The van der Waals surface area contributed by atoms with Crippen LogP contribution in [0.15, 0.2) is 60.8 Å². The molecule has 2 aromatic carbocycles. The molecule has 1 aromatic heterocycles. The van der Waals surface area contributed by atoms with Crippen molar-refractivity contribution in [1.29, 1.82) is 0 Å². The highest BCUT2D eigenvalue weighted by atomic mass is 16.4. The molecule has 3 amide bonds. The maximum Gasteiger partial charge on any atom is 0.326 e. The van der Waals surface area contributed by atoms with Gasteiger partial charge in [-0.1, -0.05) is 48.5 Å². The van der Waals surface area contributed by atoms with E-state index in [4.69, 9.17) is 15.9 Å². The molecular weight excluding hydrogens is 574 g/mol. The molecule has 9 N–H and O–H groups in total. The first kappa shape index (κ1) is 33.3. The Morgan fingerprint density at radius 3 is 1.86 bits per heavy atom. The molecule has 0 aliphatic rings. The number of hydrogen-bond donors (Lipinski definition) is 8. The zero-order valence-corrected chi connectivity index (χ0v) is 23.7. The maximum absolute atomic E-state index is 13.7. The number of carboxylic acids is 3. The molecule has 4 unspecified atom stereocenters. The molecule has 0 fully saturated rings. The van der Waals surface area contributed by atoms with Crippen LogP contribution in [0.4, 0.5) is 0 Å². The van der Waals surface area contributed by atoms with Crippen LogP contribution in [0.25, 0.3) is 10.9 Å². The van der Waals surface area contributed by atoms with Crippen LogP contribution < -0.4 is 21.7 Å². The number of nitrogens with one attached hydrogen (secondary N) is 4. The van der Waals surface area contributed by atoms with Crippen molar-refractivity contribution in [3.8, 4) is 0 Å². The van der Waals surface area contributed by atoms with Crippen molar-refractivity contribution in [2.75, 3.05) is 0 Å². The molecule has 0 saturated heterocycles. The van der Waals surface area contributed by atoms with Crippen molar-refractivity contribution in [3.63, 3.8) is 0 Å². The van der Waals surface area contributed by atoms with E-state index >= 15 is 0 Å². The zero-order chi connectivity index (χ0) is 32.2. The minimum Gasteiger partial charge on any atom is -0.481 e. The van der Waals surface area contributed by atoms with Crippen LogP contribution in [0.2, 0.25) is 0 Å². The Morgan fingerprint density at radius 1 is 0.682 bits per heavy atom. The number of aromatic amines is 1. The number of H-pyrrole nitrogens is 1. The summed E-state index contributed by atoms with van der Waals surface area (Å²) in [6.07, 6.45) is 0.165. The molecule has 0 spiro atoms. The molecule has 3 aromatic rings. The van der Waals surface area contributed by atoms with E-state index in [0.717, 1.165) is 10.9 Å². The molecule has 0 radical (unpaired) electrons. The Kier molecular flexibility index (Phi) is 12.0. The second-order valence-corrected chi connectivity index (χ2v) is 10.2. The van der Waals surface area contributed by atoms with Gasteiger partial charge >= 0.3 is 17.9 Å². The monoisotopic (exact) mass is 609 g/mol. The van der Waals surface area contributed by atoms with E-state index in [-0.39, 0.29) is 32.1 Å². The number of aromatic nitrogens is 1. The van der Waals surface area contributed by atoms with Crippen LogP contribution in [0.1, 0.15) is 36.8 Å². The van der Waals surface area contributed by atoms with Crippen molar-refractivity contribution in [1.82, 2.24) is 20.9 Å². The number of carboxylic acid groups (broad SMARTS) is 3. The summed E-state index contributed by atoms with van der Waals surface area (Å²) in [7, 11) is 0. The summed E-state index contributed by atoms with van der Waals surface area (Å²) in [6.45, 7) is 0. The fourth-order valence-electron chi connectivity index (χ4n) is 4.55. The van der Waals surface area contributed by atoms with Crippen LogP contribution in [0.5, 0.6) is 0 Å². The van der Waals surface area contributed by atoms with Crippen molar-refractivity contribution in [2.24, 2.45) is 5.73 Å². The minimum absolute atomic E-state index is 0.00184. The van der Waals surface area contributed by atoms with Crippen molar-refractivity contribution in [2.45, 2.75) is 62.7 Å². The smallest absolute Gasteiger partial charge is 0.326 e. The summed E-state index contributed by atoms with van der Waals surface area (Å²) < 4.78 is 0. The van der Waals surface area contributed by atoms with E-state index in [9.17, 15) is 33.9 Å². The Balaban J connectivity index is 1.88. The number of fused-ring (bicyclic) bond motifs is 1. The van der Waals surface area contributed by atoms with Crippen LogP contribution in [-0.2, 0) is 41.6 Å². The van der Waals surface area contributed by atoms with E-state index in [0.29, 0.717) is 11.1 Å². The molecular formula is C30H35N5O9. The van der Waals surface area contributed by atoms with Gasteiger partial charge in [0.15, 0.2) is 0 Å². The molecule has 1 heterocycles. The summed E-state index contributed by atoms with van der Waals surface area (Å²) >= 11 is 0. The number of carbonyl (C=O) groups is 6. The van der Waals surface area contributed by atoms with Gasteiger partial charge in [0, 0.05) is 42.8 Å². The Bertz CT molecular complexity index is 1490. The summed E-state index contributed by atoms with van der Waals surface area (Å²) in [5, 5.41) is 35.8. The number of para-hydroxylation sites is 1. The standard InChI is InChI=1S/C30H35N5O9/c31-20(10-12-25(36)37)27(40)34-23(14-17-6-2-1-3-7-17)28(41)35-24(15-18-16-32-21-9-5-4-8-19(18)21)29(42)33-22(30(43)44)11-13-26(38)39/h1-9,16,20,22-24,32H,10-15,31H2,(H,33,42)(H,34,40)(H,35,41)(H,36,37)(H,38,39)(H,43,44). The number of rotatable bonds is 17. The molecule has 0 saturated carbocycles. The van der Waals surface area contributed by atoms with E-state index in [1.807, 2.05) is 18.2 Å². The summed E-state index contributed by atoms with van der Waals surface area (Å²) in [5.74, 6) is -6.23. The predicted octanol–water partition coefficient (Wildman–Crippen LogP) is 0.549. The van der Waals surface area contributed by atoms with Crippen molar-refractivity contribution < 1.29 is 44.1 Å². The highest BCUT2D eigenvalue weighted by molar-refractivity contribution is 5.95. The summed E-state index contributed by atoms with van der Waals surface area (Å²) in [5.41, 5.74) is 7.93. The highest BCUT2D eigenvalue weighted by Gasteiger charge is 2.31. The van der Waals surface area contributed by atoms with Crippen LogP contribution in [0.3, 0.4) is 0 Å². The maximum atomic E-state index is 13.7. The van der Waals surface area contributed by atoms with E-state index in [1.165, 1.54) is 0 Å². The quantitative estimate of drug-likeness (QED) is 0.106. The van der Waals surface area contributed by atoms with Gasteiger partial charge in [-0.05, 0) is 30.0 Å². The van der Waals surface area contributed by atoms with Gasteiger partial charge in [-0.25, -0.2) is 4.79 Å². The first-order valence-corrected chi connectivity index (χ1v) is 13.9. The third-order valence-electron chi connectivity index (χ3n) is 6.92.